The molecule has 1 heterocycles. The third-order valence-electron chi connectivity index (χ3n) is 2.38. The van der Waals surface area contributed by atoms with Crippen molar-refractivity contribution in [2.75, 3.05) is 0 Å². The van der Waals surface area contributed by atoms with Crippen LogP contribution in [0.25, 0.3) is 11.0 Å². The largest absolute Gasteiger partial charge is 0.331 e. The van der Waals surface area contributed by atoms with Crippen LogP contribution in [0.15, 0.2) is 18.2 Å². The number of hydrogen-bond donors (Lipinski definition) is 1. The minimum absolute atomic E-state index is 0.826. The number of nitrogens with one attached hydrogen (secondary N) is 1. The minimum Gasteiger partial charge on any atom is -0.331 e. The summed E-state index contributed by atoms with van der Waals surface area (Å²) in [5.74, 6) is 0. The molecule has 2 nitrogen and oxygen atoms in total. The van der Waals surface area contributed by atoms with Crippen molar-refractivity contribution in [2.45, 2.75) is 26.8 Å². The van der Waals surface area contributed by atoms with Crippen LogP contribution in [-0.2, 0) is 6.54 Å². The SMILES string of the molecule is CCCn1c(=S)[nH]c2ccc(C)cc21. The third kappa shape index (κ3) is 1.48. The van der Waals surface area contributed by atoms with E-state index in [0.717, 1.165) is 23.3 Å². The first-order valence-electron chi connectivity index (χ1n) is 4.91. The highest BCUT2D eigenvalue weighted by molar-refractivity contribution is 7.71. The van der Waals surface area contributed by atoms with Gasteiger partial charge in [-0.15, -0.1) is 0 Å². The molecule has 0 amide bonds. The second-order valence-corrected chi connectivity index (χ2v) is 3.99. The van der Waals surface area contributed by atoms with E-state index in [0.29, 0.717) is 0 Å². The van der Waals surface area contributed by atoms with Crippen LogP contribution in [0.3, 0.4) is 0 Å². The van der Waals surface area contributed by atoms with Gasteiger partial charge in [0.05, 0.1) is 11.0 Å². The molecule has 2 rings (SSSR count). The van der Waals surface area contributed by atoms with Gasteiger partial charge in [0.25, 0.3) is 0 Å². The van der Waals surface area contributed by atoms with Gasteiger partial charge in [0.15, 0.2) is 4.77 Å². The molecule has 0 bridgehead atoms. The van der Waals surface area contributed by atoms with Crippen LogP contribution in [0.4, 0.5) is 0 Å². The van der Waals surface area contributed by atoms with Gasteiger partial charge in [-0.3, -0.25) is 0 Å². The Bertz CT molecular complexity index is 507. The molecule has 0 saturated carbocycles. The number of hydrogen-bond acceptors (Lipinski definition) is 1. The molecule has 0 spiro atoms. The molecule has 1 N–H and O–H groups in total. The van der Waals surface area contributed by atoms with E-state index in [9.17, 15) is 0 Å². The molecule has 2 aromatic rings. The molecule has 0 atom stereocenters. The fourth-order valence-electron chi connectivity index (χ4n) is 1.71. The van der Waals surface area contributed by atoms with Gasteiger partial charge in [0.1, 0.15) is 0 Å². The van der Waals surface area contributed by atoms with E-state index in [1.807, 2.05) is 0 Å². The molecular formula is C11H14N2S. The molecule has 14 heavy (non-hydrogen) atoms. The highest BCUT2D eigenvalue weighted by Gasteiger charge is 2.02. The molecule has 3 heteroatoms. The maximum Gasteiger partial charge on any atom is 0.178 e. The van der Waals surface area contributed by atoms with Gasteiger partial charge in [0, 0.05) is 6.54 Å². The summed E-state index contributed by atoms with van der Waals surface area (Å²) in [4.78, 5) is 3.22. The average molecular weight is 206 g/mol. The molecule has 0 aliphatic heterocycles. The number of imidazole rings is 1. The Labute approximate surface area is 88.6 Å². The number of aromatic nitrogens is 2. The molecular weight excluding hydrogens is 192 g/mol. The van der Waals surface area contributed by atoms with Crippen molar-refractivity contribution in [1.82, 2.24) is 9.55 Å². The first kappa shape index (κ1) is 9.46. The Morgan fingerprint density at radius 3 is 2.93 bits per heavy atom. The number of aromatic amines is 1. The molecule has 1 aromatic heterocycles. The van der Waals surface area contributed by atoms with E-state index in [1.165, 1.54) is 11.1 Å². The topological polar surface area (TPSA) is 20.7 Å². The van der Waals surface area contributed by atoms with Gasteiger partial charge in [0.2, 0.25) is 0 Å². The molecule has 0 unspecified atom stereocenters. The fraction of sp³-hybridized carbons (Fsp3) is 0.364. The molecule has 0 aliphatic carbocycles. The summed E-state index contributed by atoms with van der Waals surface area (Å²) in [6.45, 7) is 5.25. The average Bonchev–Trinajstić information content (AvgIpc) is 2.45. The van der Waals surface area contributed by atoms with E-state index in [2.05, 4.69) is 41.6 Å². The number of rotatable bonds is 2. The summed E-state index contributed by atoms with van der Waals surface area (Å²) in [5.41, 5.74) is 3.63. The molecule has 0 saturated heterocycles. The first-order chi connectivity index (χ1) is 6.72. The van der Waals surface area contributed by atoms with Crippen molar-refractivity contribution in [1.29, 1.82) is 0 Å². The number of fused-ring (bicyclic) bond motifs is 1. The first-order valence-corrected chi connectivity index (χ1v) is 5.32. The Morgan fingerprint density at radius 2 is 2.21 bits per heavy atom. The van der Waals surface area contributed by atoms with E-state index in [1.54, 1.807) is 0 Å². The van der Waals surface area contributed by atoms with Crippen LogP contribution in [0.1, 0.15) is 18.9 Å². The Hall–Kier alpha value is -1.09. The van der Waals surface area contributed by atoms with Crippen molar-refractivity contribution in [3.05, 3.63) is 28.5 Å². The van der Waals surface area contributed by atoms with E-state index < -0.39 is 0 Å². The van der Waals surface area contributed by atoms with E-state index >= 15 is 0 Å². The number of H-pyrrole nitrogens is 1. The lowest BCUT2D eigenvalue weighted by Gasteiger charge is -2.01. The van der Waals surface area contributed by atoms with Crippen LogP contribution >= 0.6 is 12.2 Å². The van der Waals surface area contributed by atoms with Gasteiger partial charge in [-0.05, 0) is 43.3 Å². The van der Waals surface area contributed by atoms with Crippen LogP contribution in [0, 0.1) is 11.7 Å². The zero-order chi connectivity index (χ0) is 10.1. The van der Waals surface area contributed by atoms with Crippen LogP contribution < -0.4 is 0 Å². The third-order valence-corrected chi connectivity index (χ3v) is 2.70. The van der Waals surface area contributed by atoms with Crippen molar-refractivity contribution in [3.63, 3.8) is 0 Å². The summed E-state index contributed by atoms with van der Waals surface area (Å²) in [6, 6.07) is 6.37. The molecule has 1 aromatic carbocycles. The summed E-state index contributed by atoms with van der Waals surface area (Å²) in [7, 11) is 0. The summed E-state index contributed by atoms with van der Waals surface area (Å²) < 4.78 is 2.99. The standard InChI is InChI=1S/C11H14N2S/c1-3-6-13-10-7-8(2)4-5-9(10)12-11(13)14/h4-5,7H,3,6H2,1-2H3,(H,12,14). The normalized spacial score (nSPS) is 11.0. The maximum atomic E-state index is 5.27. The molecule has 0 radical (unpaired) electrons. The smallest absolute Gasteiger partial charge is 0.178 e. The van der Waals surface area contributed by atoms with E-state index in [4.69, 9.17) is 12.2 Å². The van der Waals surface area contributed by atoms with Crippen LogP contribution in [-0.4, -0.2) is 9.55 Å². The zero-order valence-corrected chi connectivity index (χ0v) is 9.32. The molecule has 0 fully saturated rings. The van der Waals surface area contributed by atoms with Crippen molar-refractivity contribution < 1.29 is 0 Å². The van der Waals surface area contributed by atoms with Crippen molar-refractivity contribution in [2.24, 2.45) is 0 Å². The maximum absolute atomic E-state index is 5.27. The lowest BCUT2D eigenvalue weighted by atomic mass is 10.2. The number of benzene rings is 1. The van der Waals surface area contributed by atoms with Gasteiger partial charge in [-0.1, -0.05) is 13.0 Å². The quantitative estimate of drug-likeness (QED) is 0.747. The minimum atomic E-state index is 0.826. The predicted molar refractivity (Wildman–Crippen MR) is 62.2 cm³/mol. The lowest BCUT2D eigenvalue weighted by Crippen LogP contribution is -1.95. The Kier molecular flexibility index (Phi) is 2.42. The molecule has 0 aliphatic rings. The number of aryl methyl sites for hydroxylation is 2. The Morgan fingerprint density at radius 1 is 1.43 bits per heavy atom. The monoisotopic (exact) mass is 206 g/mol. The summed E-state index contributed by atoms with van der Waals surface area (Å²) in [6.07, 6.45) is 1.11. The van der Waals surface area contributed by atoms with Crippen molar-refractivity contribution >= 4 is 23.3 Å². The highest BCUT2D eigenvalue weighted by atomic mass is 32.1. The van der Waals surface area contributed by atoms with Gasteiger partial charge >= 0.3 is 0 Å². The van der Waals surface area contributed by atoms with Crippen molar-refractivity contribution in [3.8, 4) is 0 Å². The van der Waals surface area contributed by atoms with Gasteiger partial charge in [-0.25, -0.2) is 0 Å². The predicted octanol–water partition coefficient (Wildman–Crippen LogP) is 3.42. The molecule has 74 valence electrons. The van der Waals surface area contributed by atoms with Gasteiger partial charge < -0.3 is 9.55 Å². The van der Waals surface area contributed by atoms with Crippen LogP contribution in [0.5, 0.6) is 0 Å². The van der Waals surface area contributed by atoms with E-state index in [-0.39, 0.29) is 0 Å². The second-order valence-electron chi connectivity index (χ2n) is 3.60. The highest BCUT2D eigenvalue weighted by Crippen LogP contribution is 2.16. The van der Waals surface area contributed by atoms with Gasteiger partial charge in [-0.2, -0.15) is 0 Å². The second kappa shape index (κ2) is 3.58. The fourth-order valence-corrected chi connectivity index (χ4v) is 2.01. The summed E-state index contributed by atoms with van der Waals surface area (Å²) in [5, 5.41) is 0. The van der Waals surface area contributed by atoms with Crippen LogP contribution in [0.2, 0.25) is 0 Å². The Balaban J connectivity index is 2.73. The lowest BCUT2D eigenvalue weighted by molar-refractivity contribution is 0.688. The number of nitrogens with zero attached hydrogens (tertiary/aromatic N) is 1. The zero-order valence-electron chi connectivity index (χ0n) is 8.50. The summed E-state index contributed by atoms with van der Waals surface area (Å²) >= 11 is 5.27.